The second-order valence-electron chi connectivity index (χ2n) is 5.30. The van der Waals surface area contributed by atoms with Crippen LogP contribution in [0.2, 0.25) is 0 Å². The van der Waals surface area contributed by atoms with Crippen molar-refractivity contribution in [1.82, 2.24) is 4.57 Å². The summed E-state index contributed by atoms with van der Waals surface area (Å²) in [5.74, 6) is 1.02. The van der Waals surface area contributed by atoms with E-state index in [2.05, 4.69) is 56.8 Å². The van der Waals surface area contributed by atoms with Crippen molar-refractivity contribution in [1.29, 1.82) is 0 Å². The maximum absolute atomic E-state index is 5.93. The molecule has 2 rings (SSSR count). The summed E-state index contributed by atoms with van der Waals surface area (Å²) < 4.78 is 2.21. The third-order valence-corrected chi connectivity index (χ3v) is 3.64. The normalized spacial score (nSPS) is 13.5. The molecule has 0 saturated carbocycles. The highest BCUT2D eigenvalue weighted by Gasteiger charge is 2.18. The predicted molar refractivity (Wildman–Crippen MR) is 74.3 cm³/mol. The zero-order valence-electron chi connectivity index (χ0n) is 11.2. The Hall–Kier alpha value is -1.28. The smallest absolute Gasteiger partial charge is 0.0483 e. The van der Waals surface area contributed by atoms with Gasteiger partial charge in [-0.05, 0) is 36.6 Å². The zero-order valence-corrected chi connectivity index (χ0v) is 11.2. The van der Waals surface area contributed by atoms with Gasteiger partial charge in [-0.3, -0.25) is 0 Å². The number of aromatic nitrogens is 1. The molecule has 0 bridgehead atoms. The number of hydrogen-bond acceptors (Lipinski definition) is 1. The molecule has 1 unspecified atom stereocenters. The third kappa shape index (κ3) is 2.09. The summed E-state index contributed by atoms with van der Waals surface area (Å²) in [6.45, 7) is 7.33. The molecule has 1 aromatic carbocycles. The summed E-state index contributed by atoms with van der Waals surface area (Å²) in [4.78, 5) is 0. The summed E-state index contributed by atoms with van der Waals surface area (Å²) in [5, 5.41) is 1.35. The average molecular weight is 230 g/mol. The van der Waals surface area contributed by atoms with Gasteiger partial charge in [-0.15, -0.1) is 0 Å². The van der Waals surface area contributed by atoms with Crippen molar-refractivity contribution in [2.24, 2.45) is 18.7 Å². The van der Waals surface area contributed by atoms with Crippen molar-refractivity contribution in [3.8, 4) is 0 Å². The van der Waals surface area contributed by atoms with E-state index in [1.54, 1.807) is 0 Å². The molecule has 2 heteroatoms. The SMILES string of the molecule is Cc1ccc2c(C(CN)C(C)C)cn(C)c2c1. The summed E-state index contributed by atoms with van der Waals surface area (Å²) in [7, 11) is 2.11. The lowest BCUT2D eigenvalue weighted by Crippen LogP contribution is -2.17. The van der Waals surface area contributed by atoms with Crippen LogP contribution in [0.15, 0.2) is 24.4 Å². The fourth-order valence-corrected chi connectivity index (χ4v) is 2.58. The molecule has 1 atom stereocenters. The first-order chi connectivity index (χ1) is 8.04. The summed E-state index contributed by atoms with van der Waals surface area (Å²) in [5.41, 5.74) is 9.92. The van der Waals surface area contributed by atoms with E-state index in [9.17, 15) is 0 Å². The van der Waals surface area contributed by atoms with E-state index in [1.165, 1.54) is 22.0 Å². The second-order valence-corrected chi connectivity index (χ2v) is 5.30. The third-order valence-electron chi connectivity index (χ3n) is 3.64. The van der Waals surface area contributed by atoms with E-state index >= 15 is 0 Å². The number of hydrogen-bond donors (Lipinski definition) is 1. The first-order valence-corrected chi connectivity index (χ1v) is 6.30. The lowest BCUT2D eigenvalue weighted by Gasteiger charge is -2.18. The van der Waals surface area contributed by atoms with E-state index in [1.807, 2.05) is 0 Å². The molecule has 0 aliphatic rings. The Bertz CT molecular complexity index is 523. The van der Waals surface area contributed by atoms with Gasteiger partial charge in [0.05, 0.1) is 0 Å². The van der Waals surface area contributed by atoms with Gasteiger partial charge < -0.3 is 10.3 Å². The summed E-state index contributed by atoms with van der Waals surface area (Å²) in [6.07, 6.45) is 2.24. The molecule has 1 heterocycles. The highest BCUT2D eigenvalue weighted by atomic mass is 14.9. The van der Waals surface area contributed by atoms with Crippen LogP contribution in [0.25, 0.3) is 10.9 Å². The van der Waals surface area contributed by atoms with Crippen molar-refractivity contribution >= 4 is 10.9 Å². The number of rotatable bonds is 3. The number of aryl methyl sites for hydroxylation is 2. The van der Waals surface area contributed by atoms with Crippen LogP contribution in [-0.2, 0) is 7.05 Å². The van der Waals surface area contributed by atoms with E-state index in [0.29, 0.717) is 18.4 Å². The van der Waals surface area contributed by atoms with E-state index < -0.39 is 0 Å². The molecular weight excluding hydrogens is 208 g/mol. The number of nitrogens with two attached hydrogens (primary N) is 1. The first kappa shape index (κ1) is 12.2. The highest BCUT2D eigenvalue weighted by Crippen LogP contribution is 2.31. The molecule has 0 aliphatic carbocycles. The number of benzene rings is 1. The molecular formula is C15H22N2. The molecule has 2 aromatic rings. The Morgan fingerprint density at radius 1 is 1.29 bits per heavy atom. The van der Waals surface area contributed by atoms with E-state index in [4.69, 9.17) is 5.73 Å². The van der Waals surface area contributed by atoms with Gasteiger partial charge in [0, 0.05) is 30.1 Å². The summed E-state index contributed by atoms with van der Waals surface area (Å²) in [6, 6.07) is 6.65. The monoisotopic (exact) mass is 230 g/mol. The number of nitrogens with zero attached hydrogens (tertiary/aromatic N) is 1. The van der Waals surface area contributed by atoms with Gasteiger partial charge >= 0.3 is 0 Å². The zero-order chi connectivity index (χ0) is 12.6. The van der Waals surface area contributed by atoms with Gasteiger partial charge in [0.25, 0.3) is 0 Å². The largest absolute Gasteiger partial charge is 0.350 e. The van der Waals surface area contributed by atoms with Crippen molar-refractivity contribution < 1.29 is 0 Å². The van der Waals surface area contributed by atoms with Gasteiger partial charge in [0.1, 0.15) is 0 Å². The first-order valence-electron chi connectivity index (χ1n) is 6.30. The Morgan fingerprint density at radius 3 is 2.59 bits per heavy atom. The molecule has 2 nitrogen and oxygen atoms in total. The van der Waals surface area contributed by atoms with Crippen LogP contribution in [0.5, 0.6) is 0 Å². The molecule has 0 radical (unpaired) electrons. The van der Waals surface area contributed by atoms with Crippen LogP contribution in [0.4, 0.5) is 0 Å². The minimum atomic E-state index is 0.446. The lowest BCUT2D eigenvalue weighted by molar-refractivity contribution is 0.508. The van der Waals surface area contributed by atoms with Gasteiger partial charge in [-0.1, -0.05) is 26.0 Å². The van der Waals surface area contributed by atoms with Crippen molar-refractivity contribution in [2.75, 3.05) is 6.54 Å². The fourth-order valence-electron chi connectivity index (χ4n) is 2.58. The van der Waals surface area contributed by atoms with Crippen LogP contribution in [0.3, 0.4) is 0 Å². The predicted octanol–water partition coefficient (Wildman–Crippen LogP) is 3.19. The van der Waals surface area contributed by atoms with Gasteiger partial charge in [-0.25, -0.2) is 0 Å². The molecule has 0 fully saturated rings. The van der Waals surface area contributed by atoms with Crippen molar-refractivity contribution in [3.05, 3.63) is 35.5 Å². The number of fused-ring (bicyclic) bond motifs is 1. The molecule has 2 N–H and O–H groups in total. The molecule has 0 amide bonds. The second kappa shape index (κ2) is 4.53. The van der Waals surface area contributed by atoms with E-state index in [-0.39, 0.29) is 0 Å². The Morgan fingerprint density at radius 2 is 2.00 bits per heavy atom. The van der Waals surface area contributed by atoms with Gasteiger partial charge in [-0.2, -0.15) is 0 Å². The average Bonchev–Trinajstić information content (AvgIpc) is 2.57. The van der Waals surface area contributed by atoms with E-state index in [0.717, 1.165) is 0 Å². The maximum atomic E-state index is 5.93. The summed E-state index contributed by atoms with van der Waals surface area (Å²) >= 11 is 0. The van der Waals surface area contributed by atoms with Gasteiger partial charge in [0.15, 0.2) is 0 Å². The fraction of sp³-hybridized carbons (Fsp3) is 0.467. The standard InChI is InChI=1S/C15H22N2/c1-10(2)13(8-16)14-9-17(4)15-7-11(3)5-6-12(14)15/h5-7,9-10,13H,8,16H2,1-4H3. The lowest BCUT2D eigenvalue weighted by atomic mass is 9.88. The minimum absolute atomic E-state index is 0.446. The van der Waals surface area contributed by atoms with Crippen LogP contribution < -0.4 is 5.73 Å². The van der Waals surface area contributed by atoms with Crippen LogP contribution in [0, 0.1) is 12.8 Å². The van der Waals surface area contributed by atoms with Crippen LogP contribution in [0.1, 0.15) is 30.9 Å². The van der Waals surface area contributed by atoms with Crippen molar-refractivity contribution in [3.63, 3.8) is 0 Å². The van der Waals surface area contributed by atoms with Crippen LogP contribution in [-0.4, -0.2) is 11.1 Å². The van der Waals surface area contributed by atoms with Crippen LogP contribution >= 0.6 is 0 Å². The Kier molecular flexibility index (Phi) is 3.25. The maximum Gasteiger partial charge on any atom is 0.0483 e. The molecule has 1 aromatic heterocycles. The molecule has 0 spiro atoms. The Balaban J connectivity index is 2.62. The molecule has 0 aliphatic heterocycles. The molecule has 17 heavy (non-hydrogen) atoms. The van der Waals surface area contributed by atoms with Crippen molar-refractivity contribution in [2.45, 2.75) is 26.7 Å². The topological polar surface area (TPSA) is 30.9 Å². The molecule has 0 saturated heterocycles. The highest BCUT2D eigenvalue weighted by molar-refractivity contribution is 5.85. The minimum Gasteiger partial charge on any atom is -0.350 e. The molecule has 92 valence electrons. The van der Waals surface area contributed by atoms with Gasteiger partial charge in [0.2, 0.25) is 0 Å². The Labute approximate surface area is 103 Å². The quantitative estimate of drug-likeness (QED) is 0.862.